The van der Waals surface area contributed by atoms with Crippen molar-refractivity contribution in [3.8, 4) is 0 Å². The first-order chi connectivity index (χ1) is 12.2. The van der Waals surface area contributed by atoms with Crippen LogP contribution in [0.25, 0.3) is 0 Å². The molecule has 6 nitrogen and oxygen atoms in total. The van der Waals surface area contributed by atoms with Gasteiger partial charge in [-0.1, -0.05) is 19.3 Å². The number of amides is 2. The molecule has 4 rings (SSSR count). The van der Waals surface area contributed by atoms with Gasteiger partial charge in [0.05, 0.1) is 11.7 Å². The Morgan fingerprint density at radius 3 is 2.76 bits per heavy atom. The van der Waals surface area contributed by atoms with Crippen molar-refractivity contribution in [2.75, 3.05) is 19.6 Å². The molecule has 1 aromatic heterocycles. The number of imidazole rings is 1. The molecule has 0 unspecified atom stereocenters. The van der Waals surface area contributed by atoms with Gasteiger partial charge in [-0.3, -0.25) is 9.59 Å². The minimum atomic E-state index is -0.319. The Morgan fingerprint density at radius 2 is 2.00 bits per heavy atom. The molecule has 0 N–H and O–H groups in total. The zero-order chi connectivity index (χ0) is 17.3. The van der Waals surface area contributed by atoms with E-state index >= 15 is 0 Å². The summed E-state index contributed by atoms with van der Waals surface area (Å²) in [6, 6.07) is 0.439. The van der Waals surface area contributed by atoms with Crippen molar-refractivity contribution in [3.63, 3.8) is 0 Å². The van der Waals surface area contributed by atoms with Crippen LogP contribution in [-0.4, -0.2) is 56.8 Å². The first-order valence-electron chi connectivity index (χ1n) is 9.73. The van der Waals surface area contributed by atoms with Crippen LogP contribution in [0.4, 0.5) is 0 Å². The predicted molar refractivity (Wildman–Crippen MR) is 93.7 cm³/mol. The normalized spacial score (nSPS) is 28.1. The third kappa shape index (κ3) is 3.18. The highest BCUT2D eigenvalue weighted by Gasteiger charge is 2.50. The number of carbonyl (C=O) groups excluding carboxylic acids is 2. The Morgan fingerprint density at radius 1 is 1.16 bits per heavy atom. The lowest BCUT2D eigenvalue weighted by Crippen LogP contribution is -2.54. The summed E-state index contributed by atoms with van der Waals surface area (Å²) in [5, 5.41) is 0. The second-order valence-electron chi connectivity index (χ2n) is 7.97. The van der Waals surface area contributed by atoms with Crippen LogP contribution in [0.1, 0.15) is 51.4 Å². The maximum absolute atomic E-state index is 13.3. The first-order valence-corrected chi connectivity index (χ1v) is 9.73. The van der Waals surface area contributed by atoms with Gasteiger partial charge in [0.1, 0.15) is 6.54 Å². The van der Waals surface area contributed by atoms with Crippen LogP contribution in [0.3, 0.4) is 0 Å². The summed E-state index contributed by atoms with van der Waals surface area (Å²) in [5.41, 5.74) is -0.319. The number of carbonyl (C=O) groups is 2. The van der Waals surface area contributed by atoms with Crippen LogP contribution in [0.2, 0.25) is 0 Å². The number of nitrogens with zero attached hydrogens (tertiary/aromatic N) is 4. The molecule has 2 amide bonds. The molecule has 1 aliphatic carbocycles. The molecular formula is C19H28N4O2. The molecule has 0 bridgehead atoms. The average Bonchev–Trinajstić information content (AvgIpc) is 3.29. The van der Waals surface area contributed by atoms with Crippen molar-refractivity contribution in [1.82, 2.24) is 19.4 Å². The maximum Gasteiger partial charge on any atom is 0.242 e. The first kappa shape index (κ1) is 16.6. The van der Waals surface area contributed by atoms with Crippen molar-refractivity contribution in [2.24, 2.45) is 5.41 Å². The summed E-state index contributed by atoms with van der Waals surface area (Å²) in [4.78, 5) is 33.9. The summed E-state index contributed by atoms with van der Waals surface area (Å²) in [6.45, 7) is 2.53. The molecule has 1 aromatic rings. The Hall–Kier alpha value is -1.85. The summed E-state index contributed by atoms with van der Waals surface area (Å²) < 4.78 is 1.80. The zero-order valence-electron chi connectivity index (χ0n) is 14.9. The van der Waals surface area contributed by atoms with Crippen LogP contribution >= 0.6 is 0 Å². The van der Waals surface area contributed by atoms with Crippen molar-refractivity contribution < 1.29 is 9.59 Å². The fraction of sp³-hybridized carbons (Fsp3) is 0.737. The van der Waals surface area contributed by atoms with Crippen LogP contribution < -0.4 is 0 Å². The SMILES string of the molecule is O=C(Cn1ccnc1)N1CC[C@@]2(CCCN(C3CCCCC3)C2=O)C1. The highest BCUT2D eigenvalue weighted by Crippen LogP contribution is 2.42. The number of hydrogen-bond donors (Lipinski definition) is 0. The monoisotopic (exact) mass is 344 g/mol. The van der Waals surface area contributed by atoms with Crippen LogP contribution in [-0.2, 0) is 16.1 Å². The van der Waals surface area contributed by atoms with Crippen LogP contribution in [0.5, 0.6) is 0 Å². The van der Waals surface area contributed by atoms with E-state index in [9.17, 15) is 9.59 Å². The molecule has 1 spiro atoms. The van der Waals surface area contributed by atoms with E-state index in [1.54, 1.807) is 23.3 Å². The molecule has 25 heavy (non-hydrogen) atoms. The van der Waals surface area contributed by atoms with Gasteiger partial charge in [-0.05, 0) is 32.1 Å². The second kappa shape index (κ2) is 6.81. The molecule has 2 saturated heterocycles. The number of aromatic nitrogens is 2. The largest absolute Gasteiger partial charge is 0.340 e. The number of hydrogen-bond acceptors (Lipinski definition) is 3. The van der Waals surface area contributed by atoms with Gasteiger partial charge in [0, 0.05) is 38.1 Å². The number of piperidine rings is 1. The van der Waals surface area contributed by atoms with E-state index in [1.165, 1.54) is 19.3 Å². The van der Waals surface area contributed by atoms with Gasteiger partial charge >= 0.3 is 0 Å². The predicted octanol–water partition coefficient (Wildman–Crippen LogP) is 2.06. The van der Waals surface area contributed by atoms with E-state index in [0.717, 1.165) is 38.6 Å². The van der Waals surface area contributed by atoms with E-state index in [2.05, 4.69) is 9.88 Å². The van der Waals surface area contributed by atoms with Crippen molar-refractivity contribution in [3.05, 3.63) is 18.7 Å². The lowest BCUT2D eigenvalue weighted by molar-refractivity contribution is -0.149. The minimum absolute atomic E-state index is 0.0949. The standard InChI is InChI=1S/C19H28N4O2/c24-17(13-21-12-9-20-15-21)22-11-8-19(14-22)7-4-10-23(18(19)25)16-5-2-1-3-6-16/h9,12,15-16H,1-8,10-11,13-14H2/t19-/m0/s1. The highest BCUT2D eigenvalue weighted by molar-refractivity contribution is 5.86. The lowest BCUT2D eigenvalue weighted by Gasteiger charge is -2.44. The van der Waals surface area contributed by atoms with Gasteiger partial charge in [-0.2, -0.15) is 0 Å². The van der Waals surface area contributed by atoms with E-state index < -0.39 is 0 Å². The topological polar surface area (TPSA) is 58.4 Å². The third-order valence-electron chi connectivity index (χ3n) is 6.37. The molecule has 1 atom stereocenters. The Balaban J connectivity index is 1.42. The van der Waals surface area contributed by atoms with Gasteiger partial charge in [0.15, 0.2) is 0 Å². The Labute approximate surface area is 149 Å². The Bertz CT molecular complexity index is 623. The quantitative estimate of drug-likeness (QED) is 0.843. The highest BCUT2D eigenvalue weighted by atomic mass is 16.2. The minimum Gasteiger partial charge on any atom is -0.340 e. The fourth-order valence-corrected chi connectivity index (χ4v) is 4.94. The van der Waals surface area contributed by atoms with E-state index in [-0.39, 0.29) is 11.3 Å². The maximum atomic E-state index is 13.3. The Kier molecular flexibility index (Phi) is 4.52. The molecule has 2 aliphatic heterocycles. The van der Waals surface area contributed by atoms with Gasteiger partial charge in [0.2, 0.25) is 11.8 Å². The summed E-state index contributed by atoms with van der Waals surface area (Å²) in [7, 11) is 0. The average molecular weight is 344 g/mol. The van der Waals surface area contributed by atoms with E-state index in [0.29, 0.717) is 31.6 Å². The molecule has 3 aliphatic rings. The van der Waals surface area contributed by atoms with Crippen molar-refractivity contribution >= 4 is 11.8 Å². The summed E-state index contributed by atoms with van der Waals surface area (Å²) in [5.74, 6) is 0.418. The third-order valence-corrected chi connectivity index (χ3v) is 6.37. The molecule has 6 heteroatoms. The fourth-order valence-electron chi connectivity index (χ4n) is 4.94. The van der Waals surface area contributed by atoms with Gasteiger partial charge < -0.3 is 14.4 Å². The molecular weight excluding hydrogens is 316 g/mol. The number of likely N-dealkylation sites (tertiary alicyclic amines) is 2. The second-order valence-corrected chi connectivity index (χ2v) is 7.97. The van der Waals surface area contributed by atoms with E-state index in [1.807, 2.05) is 4.90 Å². The molecule has 3 heterocycles. The molecule has 0 radical (unpaired) electrons. The summed E-state index contributed by atoms with van der Waals surface area (Å²) in [6.07, 6.45) is 14.1. The van der Waals surface area contributed by atoms with Crippen molar-refractivity contribution in [1.29, 1.82) is 0 Å². The molecule has 0 aromatic carbocycles. The lowest BCUT2D eigenvalue weighted by atomic mass is 9.77. The summed E-state index contributed by atoms with van der Waals surface area (Å²) >= 11 is 0. The van der Waals surface area contributed by atoms with Crippen LogP contribution in [0.15, 0.2) is 18.7 Å². The molecule has 136 valence electrons. The molecule has 1 saturated carbocycles. The van der Waals surface area contributed by atoms with Crippen molar-refractivity contribution in [2.45, 2.75) is 64.0 Å². The smallest absolute Gasteiger partial charge is 0.242 e. The van der Waals surface area contributed by atoms with Gasteiger partial charge in [0.25, 0.3) is 0 Å². The van der Waals surface area contributed by atoms with Gasteiger partial charge in [-0.15, -0.1) is 0 Å². The number of rotatable bonds is 3. The van der Waals surface area contributed by atoms with Gasteiger partial charge in [-0.25, -0.2) is 4.98 Å². The van der Waals surface area contributed by atoms with Crippen LogP contribution in [0, 0.1) is 5.41 Å². The molecule has 3 fully saturated rings. The van der Waals surface area contributed by atoms with E-state index in [4.69, 9.17) is 0 Å². The zero-order valence-corrected chi connectivity index (χ0v) is 14.9.